The van der Waals surface area contributed by atoms with Gasteiger partial charge in [-0.3, -0.25) is 0 Å². The highest BCUT2D eigenvalue weighted by atomic mass is 16.7. The van der Waals surface area contributed by atoms with Gasteiger partial charge >= 0.3 is 5.97 Å². The van der Waals surface area contributed by atoms with E-state index in [0.717, 1.165) is 31.2 Å². The smallest absolute Gasteiger partial charge is 0.346 e. The number of unbranched alkanes of at least 4 members (excludes halogenated alkanes) is 5. The van der Waals surface area contributed by atoms with Crippen molar-refractivity contribution in [1.29, 1.82) is 0 Å². The molecule has 36 heavy (non-hydrogen) atoms. The number of benzene rings is 1. The van der Waals surface area contributed by atoms with Crippen molar-refractivity contribution in [2.45, 2.75) is 109 Å². The molecule has 2 fully saturated rings. The summed E-state index contributed by atoms with van der Waals surface area (Å²) in [7, 11) is 0. The number of aliphatic hydroxyl groups is 3. The maximum atomic E-state index is 12.4. The van der Waals surface area contributed by atoms with Crippen LogP contribution in [0.15, 0.2) is 18.2 Å². The first-order valence-electron chi connectivity index (χ1n) is 14.0. The van der Waals surface area contributed by atoms with Crippen molar-refractivity contribution in [2.24, 2.45) is 17.8 Å². The molecule has 0 aromatic heterocycles. The van der Waals surface area contributed by atoms with Gasteiger partial charge in [-0.15, -0.1) is 0 Å². The molecule has 0 amide bonds. The van der Waals surface area contributed by atoms with Gasteiger partial charge in [-0.05, 0) is 60.6 Å². The summed E-state index contributed by atoms with van der Waals surface area (Å²) in [6.07, 6.45) is 9.64. The number of fused-ring (bicyclic) bond motifs is 2. The van der Waals surface area contributed by atoms with Crippen molar-refractivity contribution in [3.8, 4) is 5.75 Å². The quantitative estimate of drug-likeness (QED) is 0.293. The van der Waals surface area contributed by atoms with E-state index in [9.17, 15) is 20.1 Å². The molecule has 1 aromatic carbocycles. The Morgan fingerprint density at radius 1 is 1.06 bits per heavy atom. The lowest BCUT2D eigenvalue weighted by Crippen LogP contribution is -2.40. The summed E-state index contributed by atoms with van der Waals surface area (Å²) in [5, 5.41) is 30.1. The van der Waals surface area contributed by atoms with E-state index < -0.39 is 24.5 Å². The van der Waals surface area contributed by atoms with Crippen molar-refractivity contribution in [1.82, 2.24) is 0 Å². The number of esters is 1. The largest absolute Gasteiger partial charge is 0.482 e. The molecule has 4 unspecified atom stereocenters. The Balaban J connectivity index is 1.29. The lowest BCUT2D eigenvalue weighted by Gasteiger charge is -2.32. The molecule has 0 spiro atoms. The van der Waals surface area contributed by atoms with Crippen LogP contribution in [0.2, 0.25) is 0 Å². The molecule has 3 N–H and O–H groups in total. The second-order valence-corrected chi connectivity index (χ2v) is 11.0. The topological polar surface area (TPSA) is 105 Å². The highest BCUT2D eigenvalue weighted by molar-refractivity contribution is 5.71. The van der Waals surface area contributed by atoms with Gasteiger partial charge in [-0.25, -0.2) is 4.79 Å². The molecule has 4 rings (SSSR count). The van der Waals surface area contributed by atoms with Crippen LogP contribution in [-0.2, 0) is 27.1 Å². The Hall–Kier alpha value is -1.67. The van der Waals surface area contributed by atoms with Crippen molar-refractivity contribution in [3.05, 3.63) is 29.3 Å². The number of aliphatic hydroxyl groups excluding tert-OH is 3. The van der Waals surface area contributed by atoms with Crippen LogP contribution in [0.3, 0.4) is 0 Å². The van der Waals surface area contributed by atoms with Gasteiger partial charge in [0.05, 0.1) is 24.9 Å². The van der Waals surface area contributed by atoms with E-state index in [1.54, 1.807) is 0 Å². The maximum Gasteiger partial charge on any atom is 0.346 e. The number of ether oxygens (including phenoxy) is 3. The molecule has 1 aliphatic heterocycles. The average Bonchev–Trinajstić information content (AvgIpc) is 3.16. The van der Waals surface area contributed by atoms with Gasteiger partial charge in [0.25, 0.3) is 0 Å². The molecule has 1 saturated heterocycles. The fourth-order valence-corrected chi connectivity index (χ4v) is 6.56. The zero-order valence-electron chi connectivity index (χ0n) is 21.6. The second kappa shape index (κ2) is 13.2. The molecular weight excluding hydrogens is 460 g/mol. The monoisotopic (exact) mass is 504 g/mol. The molecule has 7 atom stereocenters. The van der Waals surface area contributed by atoms with E-state index in [1.807, 2.05) is 12.1 Å². The molecule has 0 radical (unpaired) electrons. The normalized spacial score (nSPS) is 31.5. The van der Waals surface area contributed by atoms with E-state index in [-0.39, 0.29) is 25.7 Å². The number of carbonyl (C=O) groups excluding carboxylic acids is 1. The van der Waals surface area contributed by atoms with Crippen LogP contribution in [-0.4, -0.2) is 59.1 Å². The SMILES string of the molecule is CCCCCCCC[C@@H]1C(O)C[C@H]2Cc3c(cccc3OCC(=O)OC3CC(O)CC(CO)O3)C[C@H]21. The van der Waals surface area contributed by atoms with Crippen LogP contribution in [0.25, 0.3) is 0 Å². The predicted octanol–water partition coefficient (Wildman–Crippen LogP) is 3.93. The third kappa shape index (κ3) is 7.00. The first-order valence-corrected chi connectivity index (χ1v) is 14.0. The standard InChI is InChI=1S/C29H44O7/c1-2-3-4-5-6-7-10-23-24-12-19-9-8-11-27(25(19)13-20(24)14-26(23)32)34-18-28(33)36-29-16-21(31)15-22(17-30)35-29/h8-9,11,20-24,26,29-32H,2-7,10,12-18H2,1H3/t20-,21?,22?,23+,24-,26?,29?/m1/s1. The molecule has 7 heteroatoms. The summed E-state index contributed by atoms with van der Waals surface area (Å²) < 4.78 is 16.7. The molecule has 7 nitrogen and oxygen atoms in total. The van der Waals surface area contributed by atoms with Gasteiger partial charge < -0.3 is 29.5 Å². The Morgan fingerprint density at radius 2 is 1.86 bits per heavy atom. The van der Waals surface area contributed by atoms with Crippen LogP contribution in [0.4, 0.5) is 0 Å². The van der Waals surface area contributed by atoms with Gasteiger partial charge in [0.2, 0.25) is 6.29 Å². The van der Waals surface area contributed by atoms with Gasteiger partial charge in [-0.2, -0.15) is 0 Å². The summed E-state index contributed by atoms with van der Waals surface area (Å²) in [6.45, 7) is 1.77. The van der Waals surface area contributed by atoms with E-state index in [1.165, 1.54) is 44.1 Å². The number of hydrogen-bond acceptors (Lipinski definition) is 7. The number of rotatable bonds is 12. The molecule has 2 aliphatic carbocycles. The Labute approximate surface area is 215 Å². The maximum absolute atomic E-state index is 12.4. The van der Waals surface area contributed by atoms with Crippen molar-refractivity contribution in [2.75, 3.05) is 13.2 Å². The minimum absolute atomic E-state index is 0.189. The minimum atomic E-state index is -0.879. The van der Waals surface area contributed by atoms with E-state index in [2.05, 4.69) is 13.0 Å². The van der Waals surface area contributed by atoms with Gasteiger partial charge in [0.1, 0.15) is 5.75 Å². The summed E-state index contributed by atoms with van der Waals surface area (Å²) in [5.41, 5.74) is 2.40. The number of hydrogen-bond donors (Lipinski definition) is 3. The molecule has 202 valence electrons. The Morgan fingerprint density at radius 3 is 2.67 bits per heavy atom. The zero-order valence-corrected chi connectivity index (χ0v) is 21.6. The molecule has 0 bridgehead atoms. The van der Waals surface area contributed by atoms with Crippen LogP contribution < -0.4 is 4.74 Å². The third-order valence-electron chi connectivity index (χ3n) is 8.39. The van der Waals surface area contributed by atoms with E-state index in [0.29, 0.717) is 29.9 Å². The molecule has 3 aliphatic rings. The van der Waals surface area contributed by atoms with Gasteiger partial charge in [-0.1, -0.05) is 57.6 Å². The minimum Gasteiger partial charge on any atom is -0.482 e. The van der Waals surface area contributed by atoms with Crippen LogP contribution in [0.1, 0.15) is 82.3 Å². The van der Waals surface area contributed by atoms with Crippen molar-refractivity contribution >= 4 is 5.97 Å². The van der Waals surface area contributed by atoms with Crippen LogP contribution in [0.5, 0.6) is 5.75 Å². The van der Waals surface area contributed by atoms with Crippen LogP contribution >= 0.6 is 0 Å². The van der Waals surface area contributed by atoms with Gasteiger partial charge in [0.15, 0.2) is 6.61 Å². The van der Waals surface area contributed by atoms with Crippen molar-refractivity contribution in [3.63, 3.8) is 0 Å². The first-order chi connectivity index (χ1) is 17.5. The molecule has 1 saturated carbocycles. The average molecular weight is 505 g/mol. The zero-order chi connectivity index (χ0) is 25.5. The molecule has 1 aromatic rings. The fraction of sp³-hybridized carbons (Fsp3) is 0.759. The summed E-state index contributed by atoms with van der Waals surface area (Å²) >= 11 is 0. The van der Waals surface area contributed by atoms with Gasteiger partial charge in [0, 0.05) is 12.8 Å². The third-order valence-corrected chi connectivity index (χ3v) is 8.39. The van der Waals surface area contributed by atoms with E-state index in [4.69, 9.17) is 14.2 Å². The van der Waals surface area contributed by atoms with Crippen LogP contribution in [0, 0.1) is 17.8 Å². The number of carbonyl (C=O) groups is 1. The lowest BCUT2D eigenvalue weighted by molar-refractivity contribution is -0.222. The second-order valence-electron chi connectivity index (χ2n) is 11.0. The highest BCUT2D eigenvalue weighted by Gasteiger charge is 2.44. The predicted molar refractivity (Wildman–Crippen MR) is 136 cm³/mol. The Kier molecular flexibility index (Phi) is 10.1. The highest BCUT2D eigenvalue weighted by Crippen LogP contribution is 2.48. The Bertz CT molecular complexity index is 843. The summed E-state index contributed by atoms with van der Waals surface area (Å²) in [6, 6.07) is 6.02. The lowest BCUT2D eigenvalue weighted by atomic mass is 9.73. The molecule has 1 heterocycles. The fourth-order valence-electron chi connectivity index (χ4n) is 6.56. The summed E-state index contributed by atoms with van der Waals surface area (Å²) in [4.78, 5) is 12.4. The first kappa shape index (κ1) is 27.4. The van der Waals surface area contributed by atoms with E-state index >= 15 is 0 Å². The van der Waals surface area contributed by atoms with Crippen molar-refractivity contribution < 1.29 is 34.3 Å². The summed E-state index contributed by atoms with van der Waals surface area (Å²) in [5.74, 6) is 1.48. The molecular formula is C29H44O7.